The molecule has 2 aromatic heterocycles. The summed E-state index contributed by atoms with van der Waals surface area (Å²) in [4.78, 5) is 21.1. The summed E-state index contributed by atoms with van der Waals surface area (Å²) in [5, 5.41) is 9.66. The highest BCUT2D eigenvalue weighted by atomic mass is 16.5. The van der Waals surface area contributed by atoms with Gasteiger partial charge in [-0.05, 0) is 49.2 Å². The molecule has 3 heterocycles. The zero-order valence-electron chi connectivity index (χ0n) is 20.2. The number of benzene rings is 2. The van der Waals surface area contributed by atoms with E-state index in [9.17, 15) is 10.1 Å². The molecule has 2 aromatic carbocycles. The van der Waals surface area contributed by atoms with E-state index in [1.54, 1.807) is 12.1 Å². The Morgan fingerprint density at radius 1 is 0.972 bits per heavy atom. The van der Waals surface area contributed by atoms with E-state index in [1.807, 2.05) is 72.2 Å². The van der Waals surface area contributed by atoms with Gasteiger partial charge in [0, 0.05) is 31.7 Å². The molecule has 1 aliphatic heterocycles. The number of aromatic nitrogens is 1. The Labute approximate surface area is 209 Å². The largest absolute Gasteiger partial charge is 0.485 e. The molecule has 1 fully saturated rings. The number of hydrogen-bond donors (Lipinski definition) is 0. The number of carbonyl (C=O) groups is 1. The minimum Gasteiger partial charge on any atom is -0.485 e. The van der Waals surface area contributed by atoms with Crippen molar-refractivity contribution in [1.82, 2.24) is 9.88 Å². The van der Waals surface area contributed by atoms with Crippen LogP contribution in [0, 0.1) is 25.2 Å². The molecule has 0 spiro atoms. The maximum Gasteiger partial charge on any atom is 0.266 e. The molecule has 0 atom stereocenters. The quantitative estimate of drug-likeness (QED) is 0.383. The van der Waals surface area contributed by atoms with Crippen LogP contribution < -0.4 is 9.64 Å². The molecule has 1 saturated heterocycles. The van der Waals surface area contributed by atoms with E-state index in [-0.39, 0.29) is 24.1 Å². The van der Waals surface area contributed by atoms with Gasteiger partial charge in [-0.25, -0.2) is 0 Å². The minimum absolute atomic E-state index is 0.0162. The second-order valence-corrected chi connectivity index (χ2v) is 8.70. The summed E-state index contributed by atoms with van der Waals surface area (Å²) < 4.78 is 17.7. The average molecular weight is 483 g/mol. The topological polar surface area (TPSA) is 95.7 Å². The third kappa shape index (κ3) is 4.68. The van der Waals surface area contributed by atoms with Crippen molar-refractivity contribution in [2.45, 2.75) is 20.5 Å². The van der Waals surface area contributed by atoms with Crippen molar-refractivity contribution in [1.29, 1.82) is 5.26 Å². The number of nitriles is 1. The molecule has 8 heteroatoms. The van der Waals surface area contributed by atoms with Gasteiger partial charge in [0.15, 0.2) is 5.76 Å². The molecule has 0 bridgehead atoms. The summed E-state index contributed by atoms with van der Waals surface area (Å²) in [6, 6.07) is 21.0. The van der Waals surface area contributed by atoms with E-state index in [4.69, 9.17) is 13.6 Å². The van der Waals surface area contributed by atoms with E-state index >= 15 is 0 Å². The number of amides is 1. The summed E-state index contributed by atoms with van der Waals surface area (Å²) in [5.41, 5.74) is 2.91. The number of para-hydroxylation sites is 1. The summed E-state index contributed by atoms with van der Waals surface area (Å²) in [7, 11) is 0. The molecule has 36 heavy (non-hydrogen) atoms. The molecule has 1 amide bonds. The van der Waals surface area contributed by atoms with Crippen LogP contribution in [0.4, 0.5) is 5.88 Å². The lowest BCUT2D eigenvalue weighted by molar-refractivity contribution is 0.0744. The van der Waals surface area contributed by atoms with E-state index in [0.717, 1.165) is 16.9 Å². The van der Waals surface area contributed by atoms with Gasteiger partial charge in [-0.2, -0.15) is 10.2 Å². The first-order chi connectivity index (χ1) is 17.5. The number of ether oxygens (including phenoxy) is 1. The number of piperazine rings is 1. The Kier molecular flexibility index (Phi) is 6.46. The summed E-state index contributed by atoms with van der Waals surface area (Å²) in [6.45, 7) is 6.31. The fourth-order valence-corrected chi connectivity index (χ4v) is 4.24. The Morgan fingerprint density at radius 2 is 1.69 bits per heavy atom. The molecule has 4 aromatic rings. The number of rotatable bonds is 6. The molecular formula is C28H26N4O4. The zero-order valence-corrected chi connectivity index (χ0v) is 20.2. The Balaban J connectivity index is 1.26. The van der Waals surface area contributed by atoms with Crippen LogP contribution >= 0.6 is 0 Å². The SMILES string of the molecule is Cc1ccccc1OCc1ccc(-c2nc(C#N)c(N3CCN(C(=O)c4ccccc4C)CC3)o2)o1. The maximum atomic E-state index is 12.9. The monoisotopic (exact) mass is 482 g/mol. The predicted octanol–water partition coefficient (Wildman–Crippen LogP) is 4.96. The number of hydrogen-bond acceptors (Lipinski definition) is 7. The number of oxazole rings is 1. The van der Waals surface area contributed by atoms with Gasteiger partial charge in [0.1, 0.15) is 24.2 Å². The van der Waals surface area contributed by atoms with Crippen molar-refractivity contribution in [3.63, 3.8) is 0 Å². The van der Waals surface area contributed by atoms with Gasteiger partial charge in [-0.1, -0.05) is 36.4 Å². The van der Waals surface area contributed by atoms with Gasteiger partial charge < -0.3 is 23.4 Å². The first kappa shape index (κ1) is 23.2. The van der Waals surface area contributed by atoms with Crippen LogP contribution in [0.5, 0.6) is 5.75 Å². The number of aryl methyl sites for hydroxylation is 2. The second kappa shape index (κ2) is 10.0. The standard InChI is InChI=1S/C28H26N4O4/c1-19-7-3-5-9-22(19)27(33)31-13-15-32(16-14-31)28-23(17-29)30-26(36-28)25-12-11-21(35-25)18-34-24-10-6-4-8-20(24)2/h3-12H,13-16,18H2,1-2H3. The lowest BCUT2D eigenvalue weighted by Crippen LogP contribution is -2.49. The first-order valence-electron chi connectivity index (χ1n) is 11.8. The van der Waals surface area contributed by atoms with Crippen LogP contribution in [0.25, 0.3) is 11.7 Å². The number of furan rings is 1. The third-order valence-electron chi connectivity index (χ3n) is 6.28. The molecule has 0 radical (unpaired) electrons. The van der Waals surface area contributed by atoms with Crippen LogP contribution in [0.3, 0.4) is 0 Å². The normalized spacial score (nSPS) is 13.5. The second-order valence-electron chi connectivity index (χ2n) is 8.70. The molecule has 8 nitrogen and oxygen atoms in total. The zero-order chi connectivity index (χ0) is 25.1. The highest BCUT2D eigenvalue weighted by Crippen LogP contribution is 2.30. The highest BCUT2D eigenvalue weighted by molar-refractivity contribution is 5.95. The molecule has 5 rings (SSSR count). The van der Waals surface area contributed by atoms with Crippen LogP contribution in [0.2, 0.25) is 0 Å². The minimum atomic E-state index is 0.0162. The summed E-state index contributed by atoms with van der Waals surface area (Å²) in [5.74, 6) is 2.49. The van der Waals surface area contributed by atoms with Crippen molar-refractivity contribution in [2.75, 3.05) is 31.1 Å². The lowest BCUT2D eigenvalue weighted by atomic mass is 10.1. The van der Waals surface area contributed by atoms with Crippen molar-refractivity contribution < 1.29 is 18.4 Å². The molecule has 0 unspecified atom stereocenters. The first-order valence-corrected chi connectivity index (χ1v) is 11.8. The van der Waals surface area contributed by atoms with Gasteiger partial charge in [-0.3, -0.25) is 4.79 Å². The number of carbonyl (C=O) groups excluding carboxylic acids is 1. The predicted molar refractivity (Wildman–Crippen MR) is 134 cm³/mol. The van der Waals surface area contributed by atoms with Crippen LogP contribution in [0.15, 0.2) is 69.5 Å². The molecule has 0 N–H and O–H groups in total. The van der Waals surface area contributed by atoms with Gasteiger partial charge in [0.05, 0.1) is 0 Å². The smallest absolute Gasteiger partial charge is 0.266 e. The number of anilines is 1. The van der Waals surface area contributed by atoms with Crippen molar-refractivity contribution >= 4 is 11.8 Å². The lowest BCUT2D eigenvalue weighted by Gasteiger charge is -2.34. The van der Waals surface area contributed by atoms with Gasteiger partial charge in [0.2, 0.25) is 11.6 Å². The molecule has 1 aliphatic rings. The van der Waals surface area contributed by atoms with Crippen molar-refractivity contribution in [2.24, 2.45) is 0 Å². The van der Waals surface area contributed by atoms with Crippen LogP contribution in [-0.2, 0) is 6.61 Å². The molecule has 0 aliphatic carbocycles. The molecule has 0 saturated carbocycles. The molecular weight excluding hydrogens is 456 g/mol. The van der Waals surface area contributed by atoms with Gasteiger partial charge in [-0.15, -0.1) is 0 Å². The fraction of sp³-hybridized carbons (Fsp3) is 0.250. The summed E-state index contributed by atoms with van der Waals surface area (Å²) in [6.07, 6.45) is 0. The highest BCUT2D eigenvalue weighted by Gasteiger charge is 2.28. The summed E-state index contributed by atoms with van der Waals surface area (Å²) >= 11 is 0. The van der Waals surface area contributed by atoms with Crippen molar-refractivity contribution in [3.8, 4) is 23.5 Å². The fourth-order valence-electron chi connectivity index (χ4n) is 4.24. The van der Waals surface area contributed by atoms with Gasteiger partial charge in [0.25, 0.3) is 11.8 Å². The number of nitrogens with zero attached hydrogens (tertiary/aromatic N) is 4. The maximum absolute atomic E-state index is 12.9. The Hall–Kier alpha value is -4.51. The van der Waals surface area contributed by atoms with E-state index in [0.29, 0.717) is 49.1 Å². The van der Waals surface area contributed by atoms with Crippen LogP contribution in [-0.4, -0.2) is 42.0 Å². The average Bonchev–Trinajstić information content (AvgIpc) is 3.55. The van der Waals surface area contributed by atoms with Crippen molar-refractivity contribution in [3.05, 3.63) is 88.8 Å². The Bertz CT molecular complexity index is 1420. The van der Waals surface area contributed by atoms with Crippen LogP contribution in [0.1, 0.15) is 32.9 Å². The van der Waals surface area contributed by atoms with Gasteiger partial charge >= 0.3 is 0 Å². The van der Waals surface area contributed by atoms with E-state index in [2.05, 4.69) is 11.1 Å². The van der Waals surface area contributed by atoms with E-state index in [1.165, 1.54) is 0 Å². The molecule has 182 valence electrons. The van der Waals surface area contributed by atoms with E-state index < -0.39 is 0 Å². The Morgan fingerprint density at radius 3 is 2.42 bits per heavy atom. The third-order valence-corrected chi connectivity index (χ3v) is 6.28.